The molecule has 1 fully saturated rings. The Hall–Kier alpha value is -0.0400. The largest absolute Gasteiger partial charge is 0.370 e. The number of unbranched alkanes of at least 4 members (excludes halogenated alkanes) is 6. The zero-order valence-electron chi connectivity index (χ0n) is 10.6. The maximum Gasteiger partial charge on any atom is 0.0841 e. The van der Waals surface area contributed by atoms with Crippen molar-refractivity contribution in [2.75, 3.05) is 0 Å². The normalized spacial score (nSPS) is 24.4. The summed E-state index contributed by atoms with van der Waals surface area (Å²) in [6.07, 6.45) is 15.0. The molecular formula is C14H28O. The summed E-state index contributed by atoms with van der Waals surface area (Å²) < 4.78 is 5.67. The Morgan fingerprint density at radius 1 is 0.667 bits per heavy atom. The third-order valence-corrected chi connectivity index (χ3v) is 3.37. The van der Waals surface area contributed by atoms with Gasteiger partial charge in [-0.15, -0.1) is 0 Å². The van der Waals surface area contributed by atoms with Gasteiger partial charge >= 0.3 is 0 Å². The zero-order chi connectivity index (χ0) is 10.9. The molecular weight excluding hydrogens is 184 g/mol. The summed E-state index contributed by atoms with van der Waals surface area (Å²) in [5, 5.41) is 0. The van der Waals surface area contributed by atoms with Crippen LogP contribution in [-0.2, 0) is 4.74 Å². The highest BCUT2D eigenvalue weighted by atomic mass is 16.6. The van der Waals surface area contributed by atoms with Gasteiger partial charge in [-0.3, -0.25) is 0 Å². The van der Waals surface area contributed by atoms with E-state index in [0.717, 1.165) is 0 Å². The molecule has 0 aromatic carbocycles. The molecule has 1 saturated heterocycles. The Kier molecular flexibility index (Phi) is 7.08. The molecule has 0 amide bonds. The first kappa shape index (κ1) is 13.0. The summed E-state index contributed by atoms with van der Waals surface area (Å²) >= 11 is 0. The highest BCUT2D eigenvalue weighted by Gasteiger charge is 2.36. The second-order valence-electron chi connectivity index (χ2n) is 4.91. The molecule has 15 heavy (non-hydrogen) atoms. The summed E-state index contributed by atoms with van der Waals surface area (Å²) in [5.41, 5.74) is 0. The van der Waals surface area contributed by atoms with Gasteiger partial charge in [0.05, 0.1) is 12.2 Å². The molecule has 2 unspecified atom stereocenters. The summed E-state index contributed by atoms with van der Waals surface area (Å²) in [4.78, 5) is 0. The minimum atomic E-state index is 0.641. The van der Waals surface area contributed by atoms with Crippen molar-refractivity contribution >= 4 is 0 Å². The van der Waals surface area contributed by atoms with Crippen LogP contribution in [0.3, 0.4) is 0 Å². The van der Waals surface area contributed by atoms with Crippen LogP contribution in [0.15, 0.2) is 0 Å². The van der Waals surface area contributed by atoms with E-state index in [1.54, 1.807) is 0 Å². The van der Waals surface area contributed by atoms with Crippen LogP contribution in [0.4, 0.5) is 0 Å². The maximum absolute atomic E-state index is 5.67. The predicted molar refractivity (Wildman–Crippen MR) is 66.2 cm³/mol. The molecule has 0 N–H and O–H groups in total. The minimum Gasteiger partial charge on any atom is -0.370 e. The van der Waals surface area contributed by atoms with Gasteiger partial charge in [0.15, 0.2) is 0 Å². The second-order valence-corrected chi connectivity index (χ2v) is 4.91. The summed E-state index contributed by atoms with van der Waals surface area (Å²) in [6.45, 7) is 4.53. The molecule has 0 radical (unpaired) electrons. The van der Waals surface area contributed by atoms with Crippen molar-refractivity contribution in [3.63, 3.8) is 0 Å². The fourth-order valence-corrected chi connectivity index (χ4v) is 2.23. The first-order valence-corrected chi connectivity index (χ1v) is 7.04. The Morgan fingerprint density at radius 2 is 1.13 bits per heavy atom. The topological polar surface area (TPSA) is 12.5 Å². The molecule has 1 aliphatic rings. The lowest BCUT2D eigenvalue weighted by Crippen LogP contribution is -1.94. The fraction of sp³-hybridized carbons (Fsp3) is 1.00. The Morgan fingerprint density at radius 3 is 1.73 bits per heavy atom. The van der Waals surface area contributed by atoms with Gasteiger partial charge < -0.3 is 4.74 Å². The van der Waals surface area contributed by atoms with Crippen molar-refractivity contribution in [1.29, 1.82) is 0 Å². The first-order chi connectivity index (χ1) is 7.38. The van der Waals surface area contributed by atoms with E-state index in [1.807, 2.05) is 0 Å². The Bertz CT molecular complexity index is 144. The maximum atomic E-state index is 5.67. The van der Waals surface area contributed by atoms with Crippen molar-refractivity contribution in [2.45, 2.75) is 90.3 Å². The molecule has 1 heterocycles. The van der Waals surface area contributed by atoms with E-state index in [2.05, 4.69) is 13.8 Å². The van der Waals surface area contributed by atoms with Crippen molar-refractivity contribution in [2.24, 2.45) is 0 Å². The van der Waals surface area contributed by atoms with Gasteiger partial charge in [-0.05, 0) is 12.8 Å². The van der Waals surface area contributed by atoms with Gasteiger partial charge in [0.1, 0.15) is 0 Å². The van der Waals surface area contributed by atoms with Gasteiger partial charge in [-0.2, -0.15) is 0 Å². The van der Waals surface area contributed by atoms with Crippen LogP contribution >= 0.6 is 0 Å². The lowest BCUT2D eigenvalue weighted by molar-refractivity contribution is 0.348. The van der Waals surface area contributed by atoms with Gasteiger partial charge in [-0.1, -0.05) is 65.2 Å². The molecule has 0 aliphatic carbocycles. The second kappa shape index (κ2) is 8.15. The van der Waals surface area contributed by atoms with Gasteiger partial charge in [-0.25, -0.2) is 0 Å². The van der Waals surface area contributed by atoms with E-state index in [4.69, 9.17) is 4.74 Å². The smallest absolute Gasteiger partial charge is 0.0841 e. The van der Waals surface area contributed by atoms with Crippen molar-refractivity contribution in [3.8, 4) is 0 Å². The third-order valence-electron chi connectivity index (χ3n) is 3.37. The number of rotatable bonds is 10. The number of hydrogen-bond donors (Lipinski definition) is 0. The minimum absolute atomic E-state index is 0.641. The molecule has 90 valence electrons. The van der Waals surface area contributed by atoms with E-state index in [-0.39, 0.29) is 0 Å². The zero-order valence-corrected chi connectivity index (χ0v) is 10.6. The van der Waals surface area contributed by atoms with Crippen molar-refractivity contribution in [3.05, 3.63) is 0 Å². The molecule has 0 bridgehead atoms. The van der Waals surface area contributed by atoms with E-state index < -0.39 is 0 Å². The van der Waals surface area contributed by atoms with Crippen LogP contribution in [0.1, 0.15) is 78.1 Å². The van der Waals surface area contributed by atoms with Crippen molar-refractivity contribution < 1.29 is 4.74 Å². The lowest BCUT2D eigenvalue weighted by atomic mass is 10.1. The molecule has 0 saturated carbocycles. The van der Waals surface area contributed by atoms with E-state index in [1.165, 1.54) is 64.2 Å². The van der Waals surface area contributed by atoms with Crippen LogP contribution in [0.25, 0.3) is 0 Å². The molecule has 2 atom stereocenters. The van der Waals surface area contributed by atoms with Gasteiger partial charge in [0.2, 0.25) is 0 Å². The fourth-order valence-electron chi connectivity index (χ4n) is 2.23. The quantitative estimate of drug-likeness (QED) is 0.378. The molecule has 1 aliphatic heterocycles. The Balaban J connectivity index is 1.80. The standard InChI is InChI=1S/C14H28O/c1-3-5-7-8-10-12-14-13(15-14)11-9-6-4-2/h13-14H,3-12H2,1-2H3. The number of hydrogen-bond acceptors (Lipinski definition) is 1. The van der Waals surface area contributed by atoms with Gasteiger partial charge in [0, 0.05) is 0 Å². The molecule has 0 spiro atoms. The molecule has 1 rings (SSSR count). The Labute approximate surface area is 95.6 Å². The van der Waals surface area contributed by atoms with Crippen molar-refractivity contribution in [1.82, 2.24) is 0 Å². The van der Waals surface area contributed by atoms with Crippen LogP contribution in [0.5, 0.6) is 0 Å². The SMILES string of the molecule is CCCCCCCC1OC1CCCCC. The highest BCUT2D eigenvalue weighted by Crippen LogP contribution is 2.31. The molecule has 1 heteroatoms. The van der Waals surface area contributed by atoms with Crippen LogP contribution in [-0.4, -0.2) is 12.2 Å². The summed E-state index contributed by atoms with van der Waals surface area (Å²) in [7, 11) is 0. The molecule has 0 aromatic heterocycles. The number of ether oxygens (including phenoxy) is 1. The highest BCUT2D eigenvalue weighted by molar-refractivity contribution is 4.84. The van der Waals surface area contributed by atoms with Crippen LogP contribution in [0, 0.1) is 0 Å². The van der Waals surface area contributed by atoms with E-state index in [9.17, 15) is 0 Å². The van der Waals surface area contributed by atoms with Crippen LogP contribution < -0.4 is 0 Å². The summed E-state index contributed by atoms with van der Waals surface area (Å²) in [5.74, 6) is 0. The predicted octanol–water partition coefficient (Wildman–Crippen LogP) is 4.69. The van der Waals surface area contributed by atoms with Crippen LogP contribution in [0.2, 0.25) is 0 Å². The number of epoxide rings is 1. The third kappa shape index (κ3) is 6.19. The summed E-state index contributed by atoms with van der Waals surface area (Å²) in [6, 6.07) is 0. The molecule has 1 nitrogen and oxygen atoms in total. The van der Waals surface area contributed by atoms with E-state index >= 15 is 0 Å². The van der Waals surface area contributed by atoms with E-state index in [0.29, 0.717) is 12.2 Å². The average molecular weight is 212 g/mol. The van der Waals surface area contributed by atoms with Gasteiger partial charge in [0.25, 0.3) is 0 Å². The lowest BCUT2D eigenvalue weighted by Gasteiger charge is -1.97. The monoisotopic (exact) mass is 212 g/mol. The average Bonchev–Trinajstić information content (AvgIpc) is 2.97. The molecule has 0 aromatic rings. The first-order valence-electron chi connectivity index (χ1n) is 7.04.